The van der Waals surface area contributed by atoms with Gasteiger partial charge in [-0.25, -0.2) is 4.79 Å². The molecule has 7 nitrogen and oxygen atoms in total. The molecular formula is C14H22N4O3. The first-order valence-corrected chi connectivity index (χ1v) is 7.55. The quantitative estimate of drug-likeness (QED) is 0.908. The highest BCUT2D eigenvalue weighted by molar-refractivity contribution is 5.89. The van der Waals surface area contributed by atoms with Crippen LogP contribution in [0.25, 0.3) is 0 Å². The third-order valence-corrected chi connectivity index (χ3v) is 3.97. The van der Waals surface area contributed by atoms with E-state index >= 15 is 0 Å². The molecule has 7 heteroatoms. The van der Waals surface area contributed by atoms with Crippen LogP contribution in [-0.4, -0.2) is 60.2 Å². The molecular weight excluding hydrogens is 272 g/mol. The Bertz CT molecular complexity index is 465. The number of urea groups is 1. The monoisotopic (exact) mass is 294 g/mol. The van der Waals surface area contributed by atoms with Gasteiger partial charge in [0.15, 0.2) is 0 Å². The number of carbonyl (C=O) groups excluding carboxylic acids is 1. The van der Waals surface area contributed by atoms with Gasteiger partial charge in [0.25, 0.3) is 0 Å². The van der Waals surface area contributed by atoms with Crippen LogP contribution in [0.3, 0.4) is 0 Å². The third-order valence-electron chi connectivity index (χ3n) is 3.97. The minimum Gasteiger partial charge on any atom is -0.381 e. The SMILES string of the molecule is O=C(Nc1cnn(CC2CCOCC2)c1)N1CCOCC1. The van der Waals surface area contributed by atoms with Gasteiger partial charge in [-0.15, -0.1) is 0 Å². The van der Waals surface area contributed by atoms with Crippen LogP contribution in [-0.2, 0) is 16.0 Å². The Hall–Kier alpha value is -1.60. The fourth-order valence-electron chi connectivity index (χ4n) is 2.69. The molecule has 3 rings (SSSR count). The molecule has 0 spiro atoms. The summed E-state index contributed by atoms with van der Waals surface area (Å²) in [4.78, 5) is 13.8. The molecule has 2 amide bonds. The van der Waals surface area contributed by atoms with Crippen molar-refractivity contribution in [1.82, 2.24) is 14.7 Å². The normalized spacial score (nSPS) is 20.5. The highest BCUT2D eigenvalue weighted by Gasteiger charge is 2.18. The predicted octanol–water partition coefficient (Wildman–Crippen LogP) is 1.17. The molecule has 1 aromatic rings. The molecule has 0 radical (unpaired) electrons. The Balaban J connectivity index is 1.50. The van der Waals surface area contributed by atoms with Crippen molar-refractivity contribution in [2.24, 2.45) is 5.92 Å². The number of aromatic nitrogens is 2. The molecule has 116 valence electrons. The Kier molecular flexibility index (Phi) is 4.72. The maximum Gasteiger partial charge on any atom is 0.322 e. The standard InChI is InChI=1S/C14H22N4O3/c19-14(17-3-7-21-8-4-17)16-13-9-15-18(11-13)10-12-1-5-20-6-2-12/h9,11-12H,1-8,10H2,(H,16,19). The highest BCUT2D eigenvalue weighted by Crippen LogP contribution is 2.17. The minimum absolute atomic E-state index is 0.0797. The van der Waals surface area contributed by atoms with E-state index in [9.17, 15) is 4.79 Å². The lowest BCUT2D eigenvalue weighted by Gasteiger charge is -2.26. The summed E-state index contributed by atoms with van der Waals surface area (Å²) in [6.07, 6.45) is 5.76. The molecule has 2 aliphatic heterocycles. The molecule has 21 heavy (non-hydrogen) atoms. The van der Waals surface area contributed by atoms with Gasteiger partial charge >= 0.3 is 6.03 Å². The summed E-state index contributed by atoms with van der Waals surface area (Å²) in [5.74, 6) is 0.612. The predicted molar refractivity (Wildman–Crippen MR) is 77.2 cm³/mol. The molecule has 0 aromatic carbocycles. The second kappa shape index (κ2) is 6.91. The van der Waals surface area contributed by atoms with Gasteiger partial charge in [0, 0.05) is 39.0 Å². The van der Waals surface area contributed by atoms with Crippen molar-refractivity contribution < 1.29 is 14.3 Å². The summed E-state index contributed by atoms with van der Waals surface area (Å²) in [6.45, 7) is 5.06. The van der Waals surface area contributed by atoms with Crippen molar-refractivity contribution >= 4 is 11.7 Å². The number of morpholine rings is 1. The maximum absolute atomic E-state index is 12.1. The van der Waals surface area contributed by atoms with Crippen LogP contribution < -0.4 is 5.32 Å². The van der Waals surface area contributed by atoms with Crippen LogP contribution in [0.2, 0.25) is 0 Å². The van der Waals surface area contributed by atoms with Crippen molar-refractivity contribution in [2.75, 3.05) is 44.8 Å². The highest BCUT2D eigenvalue weighted by atomic mass is 16.5. The summed E-state index contributed by atoms with van der Waals surface area (Å²) in [5.41, 5.74) is 0.749. The van der Waals surface area contributed by atoms with Crippen LogP contribution in [0.1, 0.15) is 12.8 Å². The van der Waals surface area contributed by atoms with Gasteiger partial charge in [0.1, 0.15) is 0 Å². The molecule has 2 aliphatic rings. The van der Waals surface area contributed by atoms with E-state index in [1.165, 1.54) is 0 Å². The number of nitrogens with one attached hydrogen (secondary N) is 1. The first kappa shape index (κ1) is 14.3. The number of nitrogens with zero attached hydrogens (tertiary/aromatic N) is 3. The lowest BCUT2D eigenvalue weighted by Crippen LogP contribution is -2.43. The second-order valence-electron chi connectivity index (χ2n) is 5.54. The van der Waals surface area contributed by atoms with E-state index in [1.807, 2.05) is 10.9 Å². The number of rotatable bonds is 3. The largest absolute Gasteiger partial charge is 0.381 e. The molecule has 0 atom stereocenters. The van der Waals surface area contributed by atoms with Crippen LogP contribution in [0.4, 0.5) is 10.5 Å². The molecule has 0 aliphatic carbocycles. The lowest BCUT2D eigenvalue weighted by atomic mass is 10.0. The van der Waals surface area contributed by atoms with Crippen molar-refractivity contribution in [2.45, 2.75) is 19.4 Å². The van der Waals surface area contributed by atoms with Crippen molar-refractivity contribution in [3.05, 3.63) is 12.4 Å². The number of ether oxygens (including phenoxy) is 2. The molecule has 1 aromatic heterocycles. The van der Waals surface area contributed by atoms with Crippen molar-refractivity contribution in [3.63, 3.8) is 0 Å². The first-order chi connectivity index (χ1) is 10.3. The van der Waals surface area contributed by atoms with Gasteiger partial charge in [-0.2, -0.15) is 5.10 Å². The number of carbonyl (C=O) groups is 1. The summed E-state index contributed by atoms with van der Waals surface area (Å²) in [5, 5.41) is 7.22. The molecule has 2 saturated heterocycles. The second-order valence-corrected chi connectivity index (χ2v) is 5.54. The van der Waals surface area contributed by atoms with Gasteiger partial charge in [0.2, 0.25) is 0 Å². The maximum atomic E-state index is 12.1. The molecule has 3 heterocycles. The Morgan fingerprint density at radius 1 is 1.24 bits per heavy atom. The van der Waals surface area contributed by atoms with Gasteiger partial charge < -0.3 is 19.7 Å². The summed E-state index contributed by atoms with van der Waals surface area (Å²) in [7, 11) is 0. The zero-order valence-corrected chi connectivity index (χ0v) is 12.2. The summed E-state index contributed by atoms with van der Waals surface area (Å²) >= 11 is 0. The summed E-state index contributed by atoms with van der Waals surface area (Å²) in [6, 6.07) is -0.0797. The fourth-order valence-corrected chi connectivity index (χ4v) is 2.69. The Morgan fingerprint density at radius 3 is 2.71 bits per heavy atom. The van der Waals surface area contributed by atoms with Gasteiger partial charge in [-0.3, -0.25) is 4.68 Å². The molecule has 0 saturated carbocycles. The van der Waals surface area contributed by atoms with Crippen molar-refractivity contribution in [3.8, 4) is 0 Å². The Labute approximate surface area is 124 Å². The average Bonchev–Trinajstić information content (AvgIpc) is 2.96. The number of hydrogen-bond donors (Lipinski definition) is 1. The first-order valence-electron chi connectivity index (χ1n) is 7.55. The zero-order chi connectivity index (χ0) is 14.5. The zero-order valence-electron chi connectivity index (χ0n) is 12.2. The number of hydrogen-bond acceptors (Lipinski definition) is 4. The van der Waals surface area contributed by atoms with E-state index in [1.54, 1.807) is 11.1 Å². The van der Waals surface area contributed by atoms with Gasteiger partial charge in [-0.05, 0) is 18.8 Å². The third kappa shape index (κ3) is 3.95. The summed E-state index contributed by atoms with van der Waals surface area (Å²) < 4.78 is 12.5. The smallest absolute Gasteiger partial charge is 0.322 e. The lowest BCUT2D eigenvalue weighted by molar-refractivity contribution is 0.0564. The van der Waals surface area contributed by atoms with E-state index in [0.29, 0.717) is 32.2 Å². The van der Waals surface area contributed by atoms with Crippen LogP contribution in [0.5, 0.6) is 0 Å². The fraction of sp³-hybridized carbons (Fsp3) is 0.714. The minimum atomic E-state index is -0.0797. The van der Waals surface area contributed by atoms with E-state index in [2.05, 4.69) is 10.4 Å². The molecule has 0 unspecified atom stereocenters. The number of amides is 2. The van der Waals surface area contributed by atoms with Crippen LogP contribution >= 0.6 is 0 Å². The molecule has 0 bridgehead atoms. The Morgan fingerprint density at radius 2 is 1.95 bits per heavy atom. The van der Waals surface area contributed by atoms with Crippen LogP contribution in [0.15, 0.2) is 12.4 Å². The average molecular weight is 294 g/mol. The van der Waals surface area contributed by atoms with Gasteiger partial charge in [0.05, 0.1) is 25.1 Å². The van der Waals surface area contributed by atoms with Crippen LogP contribution in [0, 0.1) is 5.92 Å². The topological polar surface area (TPSA) is 68.6 Å². The van der Waals surface area contributed by atoms with E-state index in [0.717, 1.165) is 38.3 Å². The molecule has 2 fully saturated rings. The van der Waals surface area contributed by atoms with E-state index in [4.69, 9.17) is 9.47 Å². The number of anilines is 1. The van der Waals surface area contributed by atoms with E-state index in [-0.39, 0.29) is 6.03 Å². The van der Waals surface area contributed by atoms with E-state index < -0.39 is 0 Å². The molecule has 1 N–H and O–H groups in total. The van der Waals surface area contributed by atoms with Crippen molar-refractivity contribution in [1.29, 1.82) is 0 Å². The van der Waals surface area contributed by atoms with Gasteiger partial charge in [-0.1, -0.05) is 0 Å².